The Morgan fingerprint density at radius 1 is 1.17 bits per heavy atom. The van der Waals surface area contributed by atoms with Crippen molar-refractivity contribution in [1.29, 1.82) is 0 Å². The number of aromatic nitrogens is 2. The second kappa shape index (κ2) is 8.65. The molecule has 0 bridgehead atoms. The molecule has 24 heavy (non-hydrogen) atoms. The first kappa shape index (κ1) is 17.5. The summed E-state index contributed by atoms with van der Waals surface area (Å²) in [5.41, 5.74) is 0. The molecule has 2 aliphatic heterocycles. The molecule has 5 heteroatoms. The third kappa shape index (κ3) is 5.07. The number of carbonyl (C=O) groups is 1. The van der Waals surface area contributed by atoms with Crippen LogP contribution in [-0.4, -0.2) is 58.2 Å². The molecule has 0 unspecified atom stereocenters. The quantitative estimate of drug-likeness (QED) is 0.804. The zero-order valence-corrected chi connectivity index (χ0v) is 15.1. The maximum atomic E-state index is 12.4. The number of likely N-dealkylation sites (tertiary alicyclic amines) is 2. The van der Waals surface area contributed by atoms with Crippen LogP contribution >= 0.6 is 0 Å². The van der Waals surface area contributed by atoms with Crippen molar-refractivity contribution in [2.45, 2.75) is 52.0 Å². The van der Waals surface area contributed by atoms with Crippen LogP contribution in [0.3, 0.4) is 0 Å². The summed E-state index contributed by atoms with van der Waals surface area (Å²) in [7, 11) is 0. The van der Waals surface area contributed by atoms with E-state index in [0.29, 0.717) is 18.2 Å². The Bertz CT molecular complexity index is 493. The lowest BCUT2D eigenvalue weighted by Crippen LogP contribution is -2.41. The molecule has 3 rings (SSSR count). The lowest BCUT2D eigenvalue weighted by molar-refractivity contribution is -0.133. The first-order chi connectivity index (χ1) is 11.7. The molecule has 5 nitrogen and oxygen atoms in total. The van der Waals surface area contributed by atoms with Crippen molar-refractivity contribution in [3.8, 4) is 0 Å². The van der Waals surface area contributed by atoms with Gasteiger partial charge < -0.3 is 9.80 Å². The second-order valence-corrected chi connectivity index (χ2v) is 7.68. The molecule has 0 aliphatic carbocycles. The van der Waals surface area contributed by atoms with Gasteiger partial charge in [-0.15, -0.1) is 0 Å². The van der Waals surface area contributed by atoms with Gasteiger partial charge in [-0.1, -0.05) is 6.92 Å². The van der Waals surface area contributed by atoms with Gasteiger partial charge in [0.05, 0.1) is 0 Å². The van der Waals surface area contributed by atoms with Gasteiger partial charge in [-0.25, -0.2) is 0 Å². The molecule has 134 valence electrons. The summed E-state index contributed by atoms with van der Waals surface area (Å²) in [6.45, 7) is 8.46. The van der Waals surface area contributed by atoms with Crippen LogP contribution in [0.4, 0.5) is 0 Å². The lowest BCUT2D eigenvalue weighted by Gasteiger charge is -2.34. The highest BCUT2D eigenvalue weighted by molar-refractivity contribution is 5.76. The number of aryl methyl sites for hydroxylation is 1. The molecule has 1 aromatic heterocycles. The van der Waals surface area contributed by atoms with Crippen LogP contribution < -0.4 is 0 Å². The highest BCUT2D eigenvalue weighted by atomic mass is 16.2. The summed E-state index contributed by atoms with van der Waals surface area (Å²) in [6, 6.07) is 1.99. The largest absolute Gasteiger partial charge is 0.342 e. The molecule has 0 spiro atoms. The van der Waals surface area contributed by atoms with Crippen LogP contribution in [0, 0.1) is 11.8 Å². The minimum Gasteiger partial charge on any atom is -0.342 e. The van der Waals surface area contributed by atoms with Crippen molar-refractivity contribution in [3.63, 3.8) is 0 Å². The van der Waals surface area contributed by atoms with E-state index in [0.717, 1.165) is 45.2 Å². The van der Waals surface area contributed by atoms with Crippen LogP contribution in [-0.2, 0) is 11.3 Å². The summed E-state index contributed by atoms with van der Waals surface area (Å²) in [5.74, 6) is 1.85. The standard InChI is InChI=1S/C19H32N4O/c1-17-4-2-10-22(16-17)19(24)8-14-21-12-5-18(6-13-21)7-15-23-11-3-9-20-23/h3,9,11,17-18H,2,4-8,10,12-16H2,1H3/t17-/m0/s1. The van der Waals surface area contributed by atoms with Crippen molar-refractivity contribution in [2.75, 3.05) is 32.7 Å². The highest BCUT2D eigenvalue weighted by Gasteiger charge is 2.23. The first-order valence-electron chi connectivity index (χ1n) is 9.68. The summed E-state index contributed by atoms with van der Waals surface area (Å²) in [4.78, 5) is 16.9. The van der Waals surface area contributed by atoms with Gasteiger partial charge in [0.2, 0.25) is 5.91 Å². The molecule has 1 aromatic rings. The summed E-state index contributed by atoms with van der Waals surface area (Å²) >= 11 is 0. The van der Waals surface area contributed by atoms with Gasteiger partial charge in [-0.3, -0.25) is 9.48 Å². The molecule has 0 N–H and O–H groups in total. The van der Waals surface area contributed by atoms with E-state index in [-0.39, 0.29) is 0 Å². The number of carbonyl (C=O) groups excluding carboxylic acids is 1. The zero-order valence-electron chi connectivity index (χ0n) is 15.1. The maximum absolute atomic E-state index is 12.4. The van der Waals surface area contributed by atoms with E-state index in [1.807, 2.05) is 23.1 Å². The number of rotatable bonds is 6. The Morgan fingerprint density at radius 3 is 2.71 bits per heavy atom. The van der Waals surface area contributed by atoms with Gasteiger partial charge in [0.15, 0.2) is 0 Å². The zero-order chi connectivity index (χ0) is 16.8. The number of amides is 1. The Morgan fingerprint density at radius 2 is 2.00 bits per heavy atom. The van der Waals surface area contributed by atoms with E-state index < -0.39 is 0 Å². The van der Waals surface area contributed by atoms with Gasteiger partial charge in [-0.05, 0) is 63.1 Å². The Balaban J connectivity index is 1.31. The lowest BCUT2D eigenvalue weighted by atomic mass is 9.93. The molecule has 0 radical (unpaired) electrons. The molecule has 2 saturated heterocycles. The van der Waals surface area contributed by atoms with Crippen LogP contribution in [0.25, 0.3) is 0 Å². The Hall–Kier alpha value is -1.36. The highest BCUT2D eigenvalue weighted by Crippen LogP contribution is 2.21. The molecule has 3 heterocycles. The first-order valence-corrected chi connectivity index (χ1v) is 9.68. The molecule has 2 fully saturated rings. The average Bonchev–Trinajstić information content (AvgIpc) is 3.12. The van der Waals surface area contributed by atoms with Crippen molar-refractivity contribution < 1.29 is 4.79 Å². The summed E-state index contributed by atoms with van der Waals surface area (Å²) in [5, 5.41) is 4.28. The number of hydrogen-bond acceptors (Lipinski definition) is 3. The fourth-order valence-electron chi connectivity index (χ4n) is 4.07. The molecule has 2 aliphatic rings. The molecule has 0 saturated carbocycles. The number of piperidine rings is 2. The topological polar surface area (TPSA) is 41.4 Å². The van der Waals surface area contributed by atoms with Crippen molar-refractivity contribution in [1.82, 2.24) is 19.6 Å². The Kier molecular flexibility index (Phi) is 6.30. The fourth-order valence-corrected chi connectivity index (χ4v) is 4.07. The number of nitrogens with zero attached hydrogens (tertiary/aromatic N) is 4. The second-order valence-electron chi connectivity index (χ2n) is 7.68. The van der Waals surface area contributed by atoms with Crippen LogP contribution in [0.1, 0.15) is 45.4 Å². The fraction of sp³-hybridized carbons (Fsp3) is 0.789. The molecular weight excluding hydrogens is 300 g/mol. The van der Waals surface area contributed by atoms with Gasteiger partial charge in [0.1, 0.15) is 0 Å². The third-order valence-electron chi connectivity index (χ3n) is 5.68. The smallest absolute Gasteiger partial charge is 0.223 e. The summed E-state index contributed by atoms with van der Waals surface area (Å²) < 4.78 is 2.03. The van der Waals surface area contributed by atoms with E-state index >= 15 is 0 Å². The van der Waals surface area contributed by atoms with Crippen molar-refractivity contribution in [3.05, 3.63) is 18.5 Å². The monoisotopic (exact) mass is 332 g/mol. The predicted octanol–water partition coefficient (Wildman–Crippen LogP) is 2.63. The number of hydrogen-bond donors (Lipinski definition) is 0. The average molecular weight is 332 g/mol. The minimum absolute atomic E-state index is 0.363. The van der Waals surface area contributed by atoms with Gasteiger partial charge in [0.25, 0.3) is 0 Å². The predicted molar refractivity (Wildman–Crippen MR) is 95.6 cm³/mol. The molecule has 0 aromatic carbocycles. The van der Waals surface area contributed by atoms with E-state index in [1.165, 1.54) is 32.1 Å². The van der Waals surface area contributed by atoms with E-state index in [2.05, 4.69) is 21.8 Å². The van der Waals surface area contributed by atoms with Crippen molar-refractivity contribution in [2.24, 2.45) is 11.8 Å². The van der Waals surface area contributed by atoms with Gasteiger partial charge >= 0.3 is 0 Å². The summed E-state index contributed by atoms with van der Waals surface area (Å²) in [6.07, 6.45) is 10.8. The molecule has 1 amide bonds. The van der Waals surface area contributed by atoms with E-state index in [4.69, 9.17) is 0 Å². The third-order valence-corrected chi connectivity index (χ3v) is 5.68. The van der Waals surface area contributed by atoms with Crippen LogP contribution in [0.5, 0.6) is 0 Å². The molecule has 1 atom stereocenters. The van der Waals surface area contributed by atoms with Crippen LogP contribution in [0.15, 0.2) is 18.5 Å². The maximum Gasteiger partial charge on any atom is 0.223 e. The van der Waals surface area contributed by atoms with E-state index in [1.54, 1.807) is 0 Å². The minimum atomic E-state index is 0.363. The normalized spacial score (nSPS) is 23.5. The van der Waals surface area contributed by atoms with Crippen LogP contribution in [0.2, 0.25) is 0 Å². The Labute approximate surface area is 146 Å². The van der Waals surface area contributed by atoms with E-state index in [9.17, 15) is 4.79 Å². The SMILES string of the molecule is C[C@H]1CCCN(C(=O)CCN2CCC(CCn3cccn3)CC2)C1. The molecular formula is C19H32N4O. The van der Waals surface area contributed by atoms with Crippen molar-refractivity contribution >= 4 is 5.91 Å². The van der Waals surface area contributed by atoms with Gasteiger partial charge in [0, 0.05) is 45.0 Å². The van der Waals surface area contributed by atoms with Gasteiger partial charge in [-0.2, -0.15) is 5.10 Å².